The van der Waals surface area contributed by atoms with Crippen molar-refractivity contribution in [3.05, 3.63) is 72.3 Å². The number of rotatable bonds is 9. The van der Waals surface area contributed by atoms with Gasteiger partial charge in [0.25, 0.3) is 5.91 Å². The van der Waals surface area contributed by atoms with Crippen LogP contribution in [0.3, 0.4) is 0 Å². The number of hydrogen-bond donors (Lipinski definition) is 0. The normalized spacial score (nSPS) is 10.3. The van der Waals surface area contributed by atoms with E-state index in [9.17, 15) is 4.79 Å². The van der Waals surface area contributed by atoms with Crippen molar-refractivity contribution in [2.75, 3.05) is 18.1 Å². The monoisotopic (exact) mass is 404 g/mol. The van der Waals surface area contributed by atoms with E-state index in [1.54, 1.807) is 35.4 Å². The first kappa shape index (κ1) is 20.9. The highest BCUT2D eigenvalue weighted by Crippen LogP contribution is 2.23. The minimum atomic E-state index is -0.176. The maximum absolute atomic E-state index is 13.1. The lowest BCUT2D eigenvalue weighted by atomic mass is 10.1. The van der Waals surface area contributed by atoms with Gasteiger partial charge in [-0.25, -0.2) is 4.98 Å². The third-order valence-electron chi connectivity index (χ3n) is 4.54. The Hall–Kier alpha value is -3.79. The number of amides is 1. The van der Waals surface area contributed by atoms with Crippen LogP contribution in [-0.2, 0) is 13.7 Å². The number of carbonyl (C=O) groups excluding carboxylic acids is 1. The van der Waals surface area contributed by atoms with Gasteiger partial charge in [0.1, 0.15) is 23.9 Å². The van der Waals surface area contributed by atoms with E-state index in [4.69, 9.17) is 14.7 Å². The molecule has 154 valence electrons. The van der Waals surface area contributed by atoms with Crippen LogP contribution in [0.15, 0.2) is 60.9 Å². The highest BCUT2D eigenvalue weighted by molar-refractivity contribution is 6.06. The van der Waals surface area contributed by atoms with Gasteiger partial charge in [0.15, 0.2) is 0 Å². The lowest BCUT2D eigenvalue weighted by molar-refractivity contribution is 0.0987. The number of aromatic nitrogens is 2. The van der Waals surface area contributed by atoms with Gasteiger partial charge in [-0.05, 0) is 55.5 Å². The minimum absolute atomic E-state index is 0.176. The fourth-order valence-electron chi connectivity index (χ4n) is 2.93. The predicted octanol–water partition coefficient (Wildman–Crippen LogP) is 3.96. The smallest absolute Gasteiger partial charge is 0.258 e. The van der Waals surface area contributed by atoms with Crippen molar-refractivity contribution in [3.63, 3.8) is 0 Å². The molecule has 2 aromatic carbocycles. The standard InChI is InChI=1S/C23H24N4O3/c1-3-29-20-11-7-19(8-12-20)27(15-4-13-24)23(28)18-5-9-21(10-6-18)30-17-22-25-14-16-26(22)2/h5-12,14,16H,3-4,15,17H2,1-2H3. The molecule has 7 heteroatoms. The van der Waals surface area contributed by atoms with Crippen molar-refractivity contribution in [1.29, 1.82) is 5.26 Å². The van der Waals surface area contributed by atoms with Crippen molar-refractivity contribution in [3.8, 4) is 17.6 Å². The first-order chi connectivity index (χ1) is 14.6. The van der Waals surface area contributed by atoms with Crippen LogP contribution in [0.2, 0.25) is 0 Å². The van der Waals surface area contributed by atoms with Gasteiger partial charge in [-0.2, -0.15) is 5.26 Å². The van der Waals surface area contributed by atoms with Gasteiger partial charge in [-0.3, -0.25) is 4.79 Å². The Kier molecular flexibility index (Phi) is 7.06. The third-order valence-corrected chi connectivity index (χ3v) is 4.54. The number of benzene rings is 2. The summed E-state index contributed by atoms with van der Waals surface area (Å²) < 4.78 is 13.1. The first-order valence-electron chi connectivity index (χ1n) is 9.73. The Morgan fingerprint density at radius 2 is 1.77 bits per heavy atom. The first-order valence-corrected chi connectivity index (χ1v) is 9.73. The van der Waals surface area contributed by atoms with Gasteiger partial charge >= 0.3 is 0 Å². The van der Waals surface area contributed by atoms with E-state index in [-0.39, 0.29) is 12.3 Å². The Balaban J connectivity index is 1.72. The molecule has 0 N–H and O–H groups in total. The molecule has 1 heterocycles. The van der Waals surface area contributed by atoms with E-state index in [1.807, 2.05) is 49.0 Å². The summed E-state index contributed by atoms with van der Waals surface area (Å²) in [6, 6.07) is 16.4. The lowest BCUT2D eigenvalue weighted by Gasteiger charge is -2.22. The summed E-state index contributed by atoms with van der Waals surface area (Å²) >= 11 is 0. The number of carbonyl (C=O) groups is 1. The molecule has 0 aliphatic heterocycles. The average molecular weight is 404 g/mol. The zero-order chi connectivity index (χ0) is 21.3. The molecule has 0 spiro atoms. The Labute approximate surface area is 176 Å². The average Bonchev–Trinajstić information content (AvgIpc) is 3.18. The SMILES string of the molecule is CCOc1ccc(N(CCC#N)C(=O)c2ccc(OCc3nccn3C)cc2)cc1. The molecule has 1 aromatic heterocycles. The quantitative estimate of drug-likeness (QED) is 0.539. The van der Waals surface area contributed by atoms with Crippen LogP contribution in [0.1, 0.15) is 29.5 Å². The van der Waals surface area contributed by atoms with Crippen molar-refractivity contribution in [2.45, 2.75) is 20.0 Å². The molecule has 30 heavy (non-hydrogen) atoms. The number of aryl methyl sites for hydroxylation is 1. The van der Waals surface area contributed by atoms with Crippen molar-refractivity contribution in [2.24, 2.45) is 7.05 Å². The zero-order valence-electron chi connectivity index (χ0n) is 17.1. The molecule has 0 aliphatic carbocycles. The molecule has 0 fully saturated rings. The fraction of sp³-hybridized carbons (Fsp3) is 0.261. The molecule has 7 nitrogen and oxygen atoms in total. The maximum atomic E-state index is 13.1. The molecule has 0 saturated heterocycles. The zero-order valence-corrected chi connectivity index (χ0v) is 17.1. The van der Waals surface area contributed by atoms with E-state index >= 15 is 0 Å². The lowest BCUT2D eigenvalue weighted by Crippen LogP contribution is -2.31. The molecule has 0 saturated carbocycles. The Morgan fingerprint density at radius 1 is 1.10 bits per heavy atom. The van der Waals surface area contributed by atoms with Crippen LogP contribution in [0, 0.1) is 11.3 Å². The Bertz CT molecular complexity index is 1000. The van der Waals surface area contributed by atoms with Crippen LogP contribution in [-0.4, -0.2) is 28.6 Å². The number of hydrogen-bond acceptors (Lipinski definition) is 5. The van der Waals surface area contributed by atoms with E-state index in [1.165, 1.54) is 0 Å². The predicted molar refractivity (Wildman–Crippen MR) is 113 cm³/mol. The second-order valence-electron chi connectivity index (χ2n) is 6.56. The number of anilines is 1. The van der Waals surface area contributed by atoms with E-state index < -0.39 is 0 Å². The van der Waals surface area contributed by atoms with Crippen LogP contribution in [0.5, 0.6) is 11.5 Å². The Morgan fingerprint density at radius 3 is 2.37 bits per heavy atom. The summed E-state index contributed by atoms with van der Waals surface area (Å²) in [5, 5.41) is 8.99. The topological polar surface area (TPSA) is 80.4 Å². The summed E-state index contributed by atoms with van der Waals surface area (Å²) in [5.41, 5.74) is 1.24. The largest absolute Gasteiger partial charge is 0.494 e. The second-order valence-corrected chi connectivity index (χ2v) is 6.56. The molecule has 3 rings (SSSR count). The van der Waals surface area contributed by atoms with E-state index in [0.717, 1.165) is 11.6 Å². The van der Waals surface area contributed by atoms with Crippen LogP contribution in [0.25, 0.3) is 0 Å². The van der Waals surface area contributed by atoms with Gasteiger partial charge in [0.2, 0.25) is 0 Å². The van der Waals surface area contributed by atoms with Gasteiger partial charge in [0.05, 0.1) is 19.1 Å². The van der Waals surface area contributed by atoms with Crippen molar-refractivity contribution in [1.82, 2.24) is 9.55 Å². The molecule has 0 atom stereocenters. The molecule has 0 bridgehead atoms. The van der Waals surface area contributed by atoms with E-state index in [0.29, 0.717) is 36.8 Å². The van der Waals surface area contributed by atoms with Crippen molar-refractivity contribution >= 4 is 11.6 Å². The van der Waals surface area contributed by atoms with Crippen LogP contribution in [0.4, 0.5) is 5.69 Å². The highest BCUT2D eigenvalue weighted by Gasteiger charge is 2.18. The summed E-state index contributed by atoms with van der Waals surface area (Å²) in [5.74, 6) is 2.03. The van der Waals surface area contributed by atoms with Crippen molar-refractivity contribution < 1.29 is 14.3 Å². The van der Waals surface area contributed by atoms with Gasteiger partial charge in [-0.1, -0.05) is 0 Å². The number of nitrogens with zero attached hydrogens (tertiary/aromatic N) is 4. The third kappa shape index (κ3) is 5.17. The minimum Gasteiger partial charge on any atom is -0.494 e. The maximum Gasteiger partial charge on any atom is 0.258 e. The molecular weight excluding hydrogens is 380 g/mol. The van der Waals surface area contributed by atoms with Crippen LogP contribution < -0.4 is 14.4 Å². The molecule has 3 aromatic rings. The number of ether oxygens (including phenoxy) is 2. The molecular formula is C23H24N4O3. The highest BCUT2D eigenvalue weighted by atomic mass is 16.5. The van der Waals surface area contributed by atoms with E-state index in [2.05, 4.69) is 11.1 Å². The molecule has 1 amide bonds. The summed E-state index contributed by atoms with van der Waals surface area (Å²) in [4.78, 5) is 18.9. The molecule has 0 aliphatic rings. The fourth-order valence-corrected chi connectivity index (χ4v) is 2.93. The second kappa shape index (κ2) is 10.1. The van der Waals surface area contributed by atoms with Gasteiger partial charge < -0.3 is 18.9 Å². The number of nitriles is 1. The summed E-state index contributed by atoms with van der Waals surface area (Å²) in [7, 11) is 1.91. The molecule has 0 radical (unpaired) electrons. The summed E-state index contributed by atoms with van der Waals surface area (Å²) in [6.07, 6.45) is 3.82. The molecule has 0 unspecified atom stereocenters. The van der Waals surface area contributed by atoms with Gasteiger partial charge in [-0.15, -0.1) is 0 Å². The number of imidazole rings is 1. The summed E-state index contributed by atoms with van der Waals surface area (Å²) in [6.45, 7) is 3.14. The van der Waals surface area contributed by atoms with Gasteiger partial charge in [0, 0.05) is 37.2 Å². The van der Waals surface area contributed by atoms with Crippen LogP contribution >= 0.6 is 0 Å².